The predicted molar refractivity (Wildman–Crippen MR) is 58.7 cm³/mol. The zero-order chi connectivity index (χ0) is 14.0. The van der Waals surface area contributed by atoms with E-state index in [0.717, 1.165) is 12.1 Å². The van der Waals surface area contributed by atoms with E-state index in [1.54, 1.807) is 12.1 Å². The quantitative estimate of drug-likeness (QED) is 0.932. The number of halogens is 3. The molecule has 0 saturated heterocycles. The second-order valence-electron chi connectivity index (χ2n) is 3.58. The van der Waals surface area contributed by atoms with Gasteiger partial charge >= 0.3 is 6.18 Å². The maximum atomic E-state index is 12.3. The first kappa shape index (κ1) is 13.0. The van der Waals surface area contributed by atoms with E-state index in [0.29, 0.717) is 0 Å². The van der Waals surface area contributed by atoms with E-state index >= 15 is 0 Å². The van der Waals surface area contributed by atoms with Gasteiger partial charge in [-0.25, -0.2) is 0 Å². The number of hydrogen-bond acceptors (Lipinski definition) is 3. The number of alkyl halides is 3. The number of para-hydroxylation sites is 1. The maximum absolute atomic E-state index is 12.3. The van der Waals surface area contributed by atoms with Gasteiger partial charge < -0.3 is 14.9 Å². The van der Waals surface area contributed by atoms with Gasteiger partial charge in [-0.3, -0.25) is 4.79 Å². The van der Waals surface area contributed by atoms with Gasteiger partial charge in [-0.1, -0.05) is 12.1 Å². The highest BCUT2D eigenvalue weighted by molar-refractivity contribution is 5.95. The van der Waals surface area contributed by atoms with Crippen LogP contribution in [0.15, 0.2) is 40.8 Å². The summed E-state index contributed by atoms with van der Waals surface area (Å²) < 4.78 is 46.5. The molecule has 0 spiro atoms. The second kappa shape index (κ2) is 4.68. The number of benzene rings is 1. The van der Waals surface area contributed by atoms with Crippen molar-refractivity contribution in [2.45, 2.75) is 6.18 Å². The number of ether oxygens (including phenoxy) is 1. The Morgan fingerprint density at radius 1 is 1.16 bits per heavy atom. The summed E-state index contributed by atoms with van der Waals surface area (Å²) in [6.07, 6.45) is -4.59. The van der Waals surface area contributed by atoms with Crippen molar-refractivity contribution in [3.63, 3.8) is 0 Å². The highest BCUT2D eigenvalue weighted by atomic mass is 19.4. The molecule has 0 radical (unpaired) electrons. The molecule has 1 aromatic carbocycles. The highest BCUT2D eigenvalue weighted by Crippen LogP contribution is 2.34. The van der Waals surface area contributed by atoms with Crippen molar-refractivity contribution in [2.24, 2.45) is 5.73 Å². The zero-order valence-electron chi connectivity index (χ0n) is 9.40. The maximum Gasteiger partial charge on any atom is 0.449 e. The molecule has 100 valence electrons. The van der Waals surface area contributed by atoms with Gasteiger partial charge in [-0.05, 0) is 18.2 Å². The van der Waals surface area contributed by atoms with Gasteiger partial charge in [-0.2, -0.15) is 13.2 Å². The minimum Gasteiger partial charge on any atom is -0.425 e. The Morgan fingerprint density at radius 2 is 1.84 bits per heavy atom. The van der Waals surface area contributed by atoms with Crippen molar-refractivity contribution < 1.29 is 27.1 Å². The van der Waals surface area contributed by atoms with Crippen molar-refractivity contribution in [1.82, 2.24) is 0 Å². The fourth-order valence-corrected chi connectivity index (χ4v) is 1.39. The minimum atomic E-state index is -4.59. The normalized spacial score (nSPS) is 11.3. The van der Waals surface area contributed by atoms with Crippen molar-refractivity contribution in [3.05, 3.63) is 47.7 Å². The molecule has 2 N–H and O–H groups in total. The predicted octanol–water partition coefficient (Wildman–Crippen LogP) is 3.19. The van der Waals surface area contributed by atoms with Gasteiger partial charge in [0, 0.05) is 6.07 Å². The number of carbonyl (C=O) groups excluding carboxylic acids is 1. The van der Waals surface area contributed by atoms with Crippen LogP contribution >= 0.6 is 0 Å². The third-order valence-electron chi connectivity index (χ3n) is 2.22. The summed E-state index contributed by atoms with van der Waals surface area (Å²) in [5.74, 6) is -2.28. The Morgan fingerprint density at radius 3 is 2.42 bits per heavy atom. The van der Waals surface area contributed by atoms with Gasteiger partial charge in [0.05, 0.1) is 5.56 Å². The lowest BCUT2D eigenvalue weighted by Gasteiger charge is -2.06. The lowest BCUT2D eigenvalue weighted by atomic mass is 10.2. The van der Waals surface area contributed by atoms with Crippen LogP contribution in [0.5, 0.6) is 11.7 Å². The number of primary amides is 1. The van der Waals surface area contributed by atoms with Crippen LogP contribution in [0, 0.1) is 0 Å². The number of hydrogen-bond donors (Lipinski definition) is 1. The van der Waals surface area contributed by atoms with E-state index in [9.17, 15) is 18.0 Å². The van der Waals surface area contributed by atoms with Crippen LogP contribution in [0.2, 0.25) is 0 Å². The SMILES string of the molecule is NC(=O)c1ccccc1Oc1ccc(C(F)(F)F)o1. The van der Waals surface area contributed by atoms with E-state index in [1.165, 1.54) is 12.1 Å². The third-order valence-corrected chi connectivity index (χ3v) is 2.22. The Kier molecular flexibility index (Phi) is 3.20. The second-order valence-corrected chi connectivity index (χ2v) is 3.58. The third kappa shape index (κ3) is 2.87. The summed E-state index contributed by atoms with van der Waals surface area (Å²) >= 11 is 0. The molecular weight excluding hydrogens is 263 g/mol. The number of amides is 1. The molecule has 0 saturated carbocycles. The fourth-order valence-electron chi connectivity index (χ4n) is 1.39. The van der Waals surface area contributed by atoms with Crippen molar-refractivity contribution in [2.75, 3.05) is 0 Å². The number of rotatable bonds is 3. The Hall–Kier alpha value is -2.44. The Bertz CT molecular complexity index is 604. The lowest BCUT2D eigenvalue weighted by Crippen LogP contribution is -2.11. The number of furan rings is 1. The summed E-state index contributed by atoms with van der Waals surface area (Å²) in [5.41, 5.74) is 5.16. The van der Waals surface area contributed by atoms with E-state index in [-0.39, 0.29) is 17.3 Å². The molecule has 1 aromatic heterocycles. The van der Waals surface area contributed by atoms with Gasteiger partial charge in [0.2, 0.25) is 5.76 Å². The molecule has 2 rings (SSSR count). The molecule has 1 heterocycles. The van der Waals surface area contributed by atoms with E-state index in [4.69, 9.17) is 10.5 Å². The zero-order valence-corrected chi connectivity index (χ0v) is 9.40. The van der Waals surface area contributed by atoms with Crippen LogP contribution in [0.3, 0.4) is 0 Å². The Labute approximate surface area is 105 Å². The fraction of sp³-hybridized carbons (Fsp3) is 0.0833. The lowest BCUT2D eigenvalue weighted by molar-refractivity contribution is -0.153. The van der Waals surface area contributed by atoms with Gasteiger partial charge in [-0.15, -0.1) is 0 Å². The smallest absolute Gasteiger partial charge is 0.425 e. The summed E-state index contributed by atoms with van der Waals surface area (Å²) in [6.45, 7) is 0. The van der Waals surface area contributed by atoms with E-state index in [1.807, 2.05) is 0 Å². The summed E-state index contributed by atoms with van der Waals surface area (Å²) in [5, 5.41) is 0. The van der Waals surface area contributed by atoms with Crippen molar-refractivity contribution in [1.29, 1.82) is 0 Å². The molecular formula is C12H8F3NO3. The molecule has 0 aliphatic rings. The van der Waals surface area contributed by atoms with Crippen LogP contribution < -0.4 is 10.5 Å². The van der Waals surface area contributed by atoms with Gasteiger partial charge in [0.1, 0.15) is 5.75 Å². The summed E-state index contributed by atoms with van der Waals surface area (Å²) in [4.78, 5) is 11.1. The first-order valence-corrected chi connectivity index (χ1v) is 5.11. The van der Waals surface area contributed by atoms with Crippen LogP contribution in [0.1, 0.15) is 16.1 Å². The van der Waals surface area contributed by atoms with Crippen LogP contribution in [0.4, 0.5) is 13.2 Å². The molecule has 0 fully saturated rings. The first-order valence-electron chi connectivity index (χ1n) is 5.11. The average molecular weight is 271 g/mol. The van der Waals surface area contributed by atoms with Gasteiger partial charge in [0.25, 0.3) is 11.9 Å². The molecule has 0 aliphatic carbocycles. The molecule has 4 nitrogen and oxygen atoms in total. The van der Waals surface area contributed by atoms with Crippen LogP contribution in [0.25, 0.3) is 0 Å². The van der Waals surface area contributed by atoms with E-state index in [2.05, 4.69) is 4.42 Å². The number of nitrogens with two attached hydrogens (primary N) is 1. The van der Waals surface area contributed by atoms with Crippen LogP contribution in [-0.2, 0) is 6.18 Å². The molecule has 0 bridgehead atoms. The van der Waals surface area contributed by atoms with Crippen molar-refractivity contribution in [3.8, 4) is 11.7 Å². The largest absolute Gasteiger partial charge is 0.449 e. The van der Waals surface area contributed by atoms with Gasteiger partial charge in [0.15, 0.2) is 0 Å². The first-order chi connectivity index (χ1) is 8.88. The molecule has 1 amide bonds. The van der Waals surface area contributed by atoms with Crippen LogP contribution in [-0.4, -0.2) is 5.91 Å². The molecule has 7 heteroatoms. The minimum absolute atomic E-state index is 0.0260. The standard InChI is InChI=1S/C12H8F3NO3/c13-12(14,15)9-5-6-10(19-9)18-8-4-2-1-3-7(8)11(16)17/h1-6H,(H2,16,17). The monoisotopic (exact) mass is 271 g/mol. The Balaban J connectivity index is 2.27. The average Bonchev–Trinajstić information content (AvgIpc) is 2.77. The molecule has 2 aromatic rings. The van der Waals surface area contributed by atoms with Crippen molar-refractivity contribution >= 4 is 5.91 Å². The molecule has 0 unspecified atom stereocenters. The van der Waals surface area contributed by atoms with E-state index < -0.39 is 17.8 Å². The summed E-state index contributed by atoms with van der Waals surface area (Å²) in [6, 6.07) is 7.65. The highest BCUT2D eigenvalue weighted by Gasteiger charge is 2.35. The number of carbonyl (C=O) groups is 1. The molecule has 19 heavy (non-hydrogen) atoms. The topological polar surface area (TPSA) is 65.5 Å². The molecule has 0 aliphatic heterocycles. The summed E-state index contributed by atoms with van der Waals surface area (Å²) in [7, 11) is 0. The molecule has 0 atom stereocenters.